The summed E-state index contributed by atoms with van der Waals surface area (Å²) < 4.78 is 17.1. The van der Waals surface area contributed by atoms with Crippen LogP contribution in [0.15, 0.2) is 15.8 Å². The summed E-state index contributed by atoms with van der Waals surface area (Å²) in [7, 11) is 0. The van der Waals surface area contributed by atoms with Crippen LogP contribution in [0.2, 0.25) is 0 Å². The summed E-state index contributed by atoms with van der Waals surface area (Å²) in [6, 6.07) is 0. The summed E-state index contributed by atoms with van der Waals surface area (Å²) in [4.78, 5) is 44.6. The molecule has 0 radical (unpaired) electrons. The van der Waals surface area contributed by atoms with Crippen molar-refractivity contribution in [3.05, 3.63) is 32.6 Å². The lowest BCUT2D eigenvalue weighted by Crippen LogP contribution is -2.41. The molecule has 1 aliphatic heterocycles. The number of ether oxygens (including phenoxy) is 2. The van der Waals surface area contributed by atoms with Gasteiger partial charge in [0.1, 0.15) is 24.9 Å². The van der Waals surface area contributed by atoms with Crippen LogP contribution < -0.4 is 11.2 Å². The molecule has 138 valence electrons. The highest BCUT2D eigenvalue weighted by Crippen LogP contribution is 2.44. The molecule has 2 rings (SSSR count). The van der Waals surface area contributed by atoms with Gasteiger partial charge in [-0.05, 0) is 18.7 Å². The van der Waals surface area contributed by atoms with Gasteiger partial charge in [0.25, 0.3) is 5.56 Å². The van der Waals surface area contributed by atoms with E-state index >= 15 is 0 Å². The van der Waals surface area contributed by atoms with Gasteiger partial charge in [-0.25, -0.2) is 4.79 Å². The molecule has 1 fully saturated rings. The van der Waals surface area contributed by atoms with Gasteiger partial charge in [-0.1, -0.05) is 5.92 Å². The molecular weight excluding hydrogens is 375 g/mol. The van der Waals surface area contributed by atoms with Gasteiger partial charge in [0.05, 0.1) is 6.61 Å². The number of aliphatic hydroxyl groups excluding tert-OH is 1. The smallest absolute Gasteiger partial charge is 0.330 e. The summed E-state index contributed by atoms with van der Waals surface area (Å²) in [5.74, 6) is 2.23. The molecule has 12 heteroatoms. The quantitative estimate of drug-likeness (QED) is 0.331. The van der Waals surface area contributed by atoms with Crippen molar-refractivity contribution in [1.82, 2.24) is 9.55 Å². The van der Waals surface area contributed by atoms with E-state index in [-0.39, 0.29) is 12.2 Å². The van der Waals surface area contributed by atoms with Crippen molar-refractivity contribution in [1.29, 1.82) is 0 Å². The second-order valence-corrected chi connectivity index (χ2v) is 7.89. The number of aromatic nitrogens is 2. The van der Waals surface area contributed by atoms with Crippen LogP contribution in [0.1, 0.15) is 11.8 Å². The predicted octanol–water partition coefficient (Wildman–Crippen LogP) is -1.65. The molecule has 0 aromatic carbocycles. The summed E-state index contributed by atoms with van der Waals surface area (Å²) in [5, 5.41) is 9.48. The fourth-order valence-corrected chi connectivity index (χ4v) is 3.33. The lowest BCUT2D eigenvalue weighted by molar-refractivity contribution is -0.0677. The molecule has 25 heavy (non-hydrogen) atoms. The number of aryl methyl sites for hydroxylation is 1. The third-order valence-corrected chi connectivity index (χ3v) is 4.28. The Morgan fingerprint density at radius 1 is 1.48 bits per heavy atom. The molecule has 0 saturated carbocycles. The maximum Gasteiger partial charge on any atom is 0.330 e. The van der Waals surface area contributed by atoms with Crippen LogP contribution >= 0.6 is 6.72 Å². The molecule has 0 unspecified atom stereocenters. The first kappa shape index (κ1) is 20.0. The highest BCUT2D eigenvalue weighted by Gasteiger charge is 2.49. The Morgan fingerprint density at radius 3 is 2.72 bits per heavy atom. The summed E-state index contributed by atoms with van der Waals surface area (Å²) in [6.07, 6.45) is 1.95. The minimum Gasteiger partial charge on any atom is -0.394 e. The molecule has 0 aliphatic carbocycles. The van der Waals surface area contributed by atoms with Gasteiger partial charge in [-0.15, -0.1) is 6.42 Å². The van der Waals surface area contributed by atoms with Crippen molar-refractivity contribution in [3.63, 3.8) is 0 Å². The van der Waals surface area contributed by atoms with Crippen LogP contribution in [0, 0.1) is 19.3 Å². The van der Waals surface area contributed by atoms with Crippen LogP contribution in [-0.4, -0.2) is 56.0 Å². The first-order valence-electron chi connectivity index (χ1n) is 7.05. The van der Waals surface area contributed by atoms with E-state index in [4.69, 9.17) is 20.4 Å². The van der Waals surface area contributed by atoms with E-state index < -0.39 is 49.1 Å². The van der Waals surface area contributed by atoms with Gasteiger partial charge in [-0.2, -0.15) is 0 Å². The summed E-state index contributed by atoms with van der Waals surface area (Å²) in [6.45, 7) is -3.39. The Kier molecular flexibility index (Phi) is 6.31. The number of rotatable bonds is 6. The third kappa shape index (κ3) is 4.63. The molecular formula is C13H17N2O8PS. The number of terminal acetylenes is 1. The molecule has 1 aromatic heterocycles. The Hall–Kier alpha value is -1.35. The van der Waals surface area contributed by atoms with E-state index in [0.29, 0.717) is 0 Å². The van der Waals surface area contributed by atoms with Crippen LogP contribution in [-0.2, 0) is 25.8 Å². The number of aliphatic hydroxyl groups is 1. The van der Waals surface area contributed by atoms with Gasteiger partial charge in [0, 0.05) is 11.8 Å². The maximum absolute atomic E-state index is 12.1. The number of H-pyrrole nitrogens is 1. The van der Waals surface area contributed by atoms with Gasteiger partial charge in [-0.3, -0.25) is 18.9 Å². The van der Waals surface area contributed by atoms with E-state index in [1.54, 1.807) is 0 Å². The van der Waals surface area contributed by atoms with Crippen molar-refractivity contribution in [2.45, 2.75) is 31.5 Å². The van der Waals surface area contributed by atoms with E-state index in [9.17, 15) is 24.5 Å². The van der Waals surface area contributed by atoms with Crippen molar-refractivity contribution < 1.29 is 28.9 Å². The van der Waals surface area contributed by atoms with Crippen molar-refractivity contribution in [2.24, 2.45) is 0 Å². The fraction of sp³-hybridized carbons (Fsp3) is 0.538. The fourth-order valence-electron chi connectivity index (χ4n) is 2.46. The van der Waals surface area contributed by atoms with Crippen LogP contribution in [0.25, 0.3) is 0 Å². The predicted molar refractivity (Wildman–Crippen MR) is 89.2 cm³/mol. The molecule has 0 spiro atoms. The number of nitrogens with one attached hydrogen (secondary N) is 1. The third-order valence-electron chi connectivity index (χ3n) is 3.50. The number of aromatic amines is 1. The van der Waals surface area contributed by atoms with Crippen LogP contribution in [0.4, 0.5) is 0 Å². The molecule has 4 atom stereocenters. The standard InChI is InChI=1S/C13H17N2O8PS/c1-3-4-21-10-9(23-24(19,20)25)8(6-16)22-12(10)15-5-7(2)11(17)14-13(15)18/h1,5,8-10,12,16H,4,6H2,2H3,(H,14,17,18)(H2,19,20,25)/t8-,9-,10-,12-/m1/s1. The molecule has 0 amide bonds. The lowest BCUT2D eigenvalue weighted by Gasteiger charge is -2.25. The highest BCUT2D eigenvalue weighted by atomic mass is 32.5. The van der Waals surface area contributed by atoms with E-state index in [0.717, 1.165) is 4.57 Å². The van der Waals surface area contributed by atoms with Crippen molar-refractivity contribution >= 4 is 18.5 Å². The zero-order valence-corrected chi connectivity index (χ0v) is 14.8. The monoisotopic (exact) mass is 392 g/mol. The Balaban J connectivity index is 2.47. The Labute approximate surface area is 147 Å². The van der Waals surface area contributed by atoms with E-state index in [1.807, 2.05) is 0 Å². The van der Waals surface area contributed by atoms with Crippen LogP contribution in [0.3, 0.4) is 0 Å². The number of hydrogen-bond acceptors (Lipinski definition) is 7. The number of nitrogens with zero attached hydrogens (tertiary/aromatic N) is 1. The van der Waals surface area contributed by atoms with Gasteiger partial charge in [0.2, 0.25) is 0 Å². The largest absolute Gasteiger partial charge is 0.394 e. The van der Waals surface area contributed by atoms with Crippen LogP contribution in [0.5, 0.6) is 0 Å². The second kappa shape index (κ2) is 7.90. The molecule has 0 bridgehead atoms. The minimum absolute atomic E-state index is 0.195. The van der Waals surface area contributed by atoms with Crippen molar-refractivity contribution in [3.8, 4) is 12.3 Å². The normalized spacial score (nSPS) is 26.5. The molecule has 1 aliphatic rings. The molecule has 1 saturated heterocycles. The Morgan fingerprint density at radius 2 is 2.16 bits per heavy atom. The summed E-state index contributed by atoms with van der Waals surface area (Å²) in [5.41, 5.74) is -1.11. The topological polar surface area (TPSA) is 143 Å². The lowest BCUT2D eigenvalue weighted by atomic mass is 10.1. The Bertz CT molecular complexity index is 825. The SMILES string of the molecule is C#CCO[C@@H]1[C@H](OP(O)(O)=S)[C@@H](CO)O[C@H]1n1cc(C)c(=O)[nH]c1=O. The average Bonchev–Trinajstić information content (AvgIpc) is 2.84. The maximum atomic E-state index is 12.1. The zero-order valence-electron chi connectivity index (χ0n) is 13.1. The molecule has 10 nitrogen and oxygen atoms in total. The highest BCUT2D eigenvalue weighted by molar-refractivity contribution is 8.06. The second-order valence-electron chi connectivity index (χ2n) is 5.27. The van der Waals surface area contributed by atoms with E-state index in [2.05, 4.69) is 22.7 Å². The molecule has 1 aromatic rings. The molecule has 2 heterocycles. The van der Waals surface area contributed by atoms with Gasteiger partial charge >= 0.3 is 12.4 Å². The van der Waals surface area contributed by atoms with E-state index in [1.165, 1.54) is 13.1 Å². The van der Waals surface area contributed by atoms with Gasteiger partial charge < -0.3 is 24.4 Å². The average molecular weight is 392 g/mol. The van der Waals surface area contributed by atoms with Crippen molar-refractivity contribution in [2.75, 3.05) is 13.2 Å². The zero-order chi connectivity index (χ0) is 18.8. The summed E-state index contributed by atoms with van der Waals surface area (Å²) >= 11 is 4.46. The number of hydrogen-bond donors (Lipinski definition) is 4. The van der Waals surface area contributed by atoms with Gasteiger partial charge in [0.15, 0.2) is 6.23 Å². The minimum atomic E-state index is -4.12. The molecule has 4 N–H and O–H groups in total. The first-order valence-corrected chi connectivity index (χ1v) is 9.68. The first-order chi connectivity index (χ1) is 11.7.